The summed E-state index contributed by atoms with van der Waals surface area (Å²) in [6.07, 6.45) is 3.62. The van der Waals surface area contributed by atoms with E-state index in [9.17, 15) is 8.42 Å². The van der Waals surface area contributed by atoms with Gasteiger partial charge in [0, 0.05) is 18.0 Å². The minimum absolute atomic E-state index is 0.103. The van der Waals surface area contributed by atoms with Crippen LogP contribution in [0.3, 0.4) is 0 Å². The smallest absolute Gasteiger partial charge is 0.236 e. The maximum absolute atomic E-state index is 12.7. The second kappa shape index (κ2) is 8.46. The van der Waals surface area contributed by atoms with E-state index in [1.807, 2.05) is 43.3 Å². The minimum Gasteiger partial charge on any atom is -0.339 e. The van der Waals surface area contributed by atoms with Crippen molar-refractivity contribution in [1.82, 2.24) is 15.1 Å². The Bertz CT molecular complexity index is 1240. The van der Waals surface area contributed by atoms with E-state index in [-0.39, 0.29) is 5.75 Å². The molecule has 0 fully saturated rings. The molecule has 8 heteroatoms. The molecule has 0 aliphatic heterocycles. The molecule has 4 aromatic rings. The van der Waals surface area contributed by atoms with Gasteiger partial charge in [0.05, 0.1) is 17.9 Å². The van der Waals surface area contributed by atoms with Gasteiger partial charge in [-0.1, -0.05) is 53.2 Å². The Labute approximate surface area is 174 Å². The summed E-state index contributed by atoms with van der Waals surface area (Å²) >= 11 is 0. The van der Waals surface area contributed by atoms with Gasteiger partial charge in [-0.25, -0.2) is 8.42 Å². The molecular weight excluding hydrogens is 400 g/mol. The standard InChI is InChI=1S/C22H20N4O3S/c1-16-6-8-17(9-7-16)15-30(27,28)26-20-5-3-2-4-19(20)14-21-24-22(25-29-21)18-10-12-23-13-11-18/h2-13,26H,14-15H2,1H3. The van der Waals surface area contributed by atoms with Crippen LogP contribution in [0.25, 0.3) is 11.4 Å². The van der Waals surface area contributed by atoms with Crippen LogP contribution in [-0.4, -0.2) is 23.5 Å². The number of benzene rings is 2. The summed E-state index contributed by atoms with van der Waals surface area (Å²) in [7, 11) is -3.58. The van der Waals surface area contributed by atoms with Gasteiger partial charge in [-0.05, 0) is 36.2 Å². The Morgan fingerprint density at radius 2 is 1.70 bits per heavy atom. The van der Waals surface area contributed by atoms with E-state index in [4.69, 9.17) is 4.52 Å². The number of nitrogens with zero attached hydrogens (tertiary/aromatic N) is 3. The lowest BCUT2D eigenvalue weighted by atomic mass is 10.1. The molecule has 0 radical (unpaired) electrons. The van der Waals surface area contributed by atoms with Gasteiger partial charge in [-0.15, -0.1) is 0 Å². The number of hydrogen-bond acceptors (Lipinski definition) is 6. The van der Waals surface area contributed by atoms with Gasteiger partial charge in [0.2, 0.25) is 21.7 Å². The molecule has 2 aromatic carbocycles. The van der Waals surface area contributed by atoms with Crippen molar-refractivity contribution < 1.29 is 12.9 Å². The normalized spacial score (nSPS) is 11.4. The van der Waals surface area contributed by atoms with Gasteiger partial charge in [-0.3, -0.25) is 9.71 Å². The van der Waals surface area contributed by atoms with Gasteiger partial charge in [-0.2, -0.15) is 4.98 Å². The van der Waals surface area contributed by atoms with Crippen LogP contribution in [-0.2, 0) is 22.2 Å². The SMILES string of the molecule is Cc1ccc(CS(=O)(=O)Nc2ccccc2Cc2nc(-c3ccncc3)no2)cc1. The van der Waals surface area contributed by atoms with Crippen molar-refractivity contribution in [3.63, 3.8) is 0 Å². The molecule has 4 rings (SSSR count). The molecule has 0 saturated carbocycles. The Kier molecular flexibility index (Phi) is 5.58. The number of nitrogens with one attached hydrogen (secondary N) is 1. The Morgan fingerprint density at radius 3 is 2.47 bits per heavy atom. The van der Waals surface area contributed by atoms with Gasteiger partial charge in [0.1, 0.15) is 0 Å². The number of para-hydroxylation sites is 1. The fourth-order valence-electron chi connectivity index (χ4n) is 2.99. The second-order valence-electron chi connectivity index (χ2n) is 6.93. The zero-order valence-electron chi connectivity index (χ0n) is 16.3. The van der Waals surface area contributed by atoms with Crippen LogP contribution in [0.5, 0.6) is 0 Å². The molecule has 7 nitrogen and oxygen atoms in total. The summed E-state index contributed by atoms with van der Waals surface area (Å²) in [4.78, 5) is 8.38. The molecule has 0 atom stereocenters. The van der Waals surface area contributed by atoms with Crippen LogP contribution in [0.2, 0.25) is 0 Å². The molecule has 0 amide bonds. The van der Waals surface area contributed by atoms with Gasteiger partial charge in [0.25, 0.3) is 0 Å². The van der Waals surface area contributed by atoms with Crippen LogP contribution in [0.15, 0.2) is 77.6 Å². The van der Waals surface area contributed by atoms with Gasteiger partial charge in [0.15, 0.2) is 0 Å². The van der Waals surface area contributed by atoms with E-state index >= 15 is 0 Å². The van der Waals surface area contributed by atoms with E-state index in [2.05, 4.69) is 19.8 Å². The van der Waals surface area contributed by atoms with Crippen molar-refractivity contribution in [3.8, 4) is 11.4 Å². The van der Waals surface area contributed by atoms with Crippen molar-refractivity contribution in [3.05, 3.63) is 95.6 Å². The molecule has 2 aromatic heterocycles. The average molecular weight is 420 g/mol. The van der Waals surface area contributed by atoms with Crippen LogP contribution in [0.4, 0.5) is 5.69 Å². The first-order valence-electron chi connectivity index (χ1n) is 9.35. The summed E-state index contributed by atoms with van der Waals surface area (Å²) in [5, 5.41) is 4.00. The van der Waals surface area contributed by atoms with Crippen molar-refractivity contribution in [1.29, 1.82) is 0 Å². The second-order valence-corrected chi connectivity index (χ2v) is 8.65. The summed E-state index contributed by atoms with van der Waals surface area (Å²) in [5.41, 5.74) is 3.85. The quantitative estimate of drug-likeness (QED) is 0.486. The first kappa shape index (κ1) is 19.8. The summed E-state index contributed by atoms with van der Waals surface area (Å²) in [6, 6.07) is 18.2. The molecular formula is C22H20N4O3S. The third-order valence-corrected chi connectivity index (χ3v) is 5.75. The van der Waals surface area contributed by atoms with E-state index < -0.39 is 10.0 Å². The predicted molar refractivity (Wildman–Crippen MR) is 114 cm³/mol. The fraction of sp³-hybridized carbons (Fsp3) is 0.136. The fourth-order valence-corrected chi connectivity index (χ4v) is 4.23. The van der Waals surface area contributed by atoms with Crippen molar-refractivity contribution in [2.45, 2.75) is 19.1 Å². The molecule has 30 heavy (non-hydrogen) atoms. The van der Waals surface area contributed by atoms with Crippen molar-refractivity contribution in [2.75, 3.05) is 4.72 Å². The lowest BCUT2D eigenvalue weighted by Crippen LogP contribution is -2.16. The van der Waals surface area contributed by atoms with Crippen molar-refractivity contribution >= 4 is 15.7 Å². The highest BCUT2D eigenvalue weighted by Gasteiger charge is 2.16. The van der Waals surface area contributed by atoms with E-state index in [0.29, 0.717) is 23.8 Å². The molecule has 0 aliphatic rings. The highest BCUT2D eigenvalue weighted by atomic mass is 32.2. The van der Waals surface area contributed by atoms with E-state index in [1.165, 1.54) is 0 Å². The molecule has 1 N–H and O–H groups in total. The number of hydrogen-bond donors (Lipinski definition) is 1. The third-order valence-electron chi connectivity index (χ3n) is 4.51. The summed E-state index contributed by atoms with van der Waals surface area (Å²) < 4.78 is 33.4. The first-order valence-corrected chi connectivity index (χ1v) is 11.0. The topological polar surface area (TPSA) is 98.0 Å². The summed E-state index contributed by atoms with van der Waals surface area (Å²) in [6.45, 7) is 1.96. The Morgan fingerprint density at radius 1 is 0.967 bits per heavy atom. The first-order chi connectivity index (χ1) is 14.5. The number of anilines is 1. The zero-order chi connectivity index (χ0) is 21.0. The van der Waals surface area contributed by atoms with E-state index in [0.717, 1.165) is 22.3 Å². The van der Waals surface area contributed by atoms with Gasteiger partial charge >= 0.3 is 0 Å². The summed E-state index contributed by atoms with van der Waals surface area (Å²) in [5.74, 6) is 0.755. The number of sulfonamides is 1. The predicted octanol–water partition coefficient (Wildman–Crippen LogP) is 3.97. The van der Waals surface area contributed by atoms with Crippen LogP contribution >= 0.6 is 0 Å². The molecule has 0 spiro atoms. The number of pyridine rings is 1. The molecule has 0 aliphatic carbocycles. The Hall–Kier alpha value is -3.52. The maximum atomic E-state index is 12.7. The molecule has 0 saturated heterocycles. The van der Waals surface area contributed by atoms with Crippen LogP contribution in [0, 0.1) is 6.92 Å². The number of aromatic nitrogens is 3. The third kappa shape index (κ3) is 4.90. The highest BCUT2D eigenvalue weighted by molar-refractivity contribution is 7.91. The lowest BCUT2D eigenvalue weighted by molar-refractivity contribution is 0.386. The number of rotatable bonds is 7. The highest BCUT2D eigenvalue weighted by Crippen LogP contribution is 2.22. The molecule has 0 bridgehead atoms. The van der Waals surface area contributed by atoms with E-state index in [1.54, 1.807) is 36.7 Å². The monoisotopic (exact) mass is 420 g/mol. The van der Waals surface area contributed by atoms with Crippen molar-refractivity contribution in [2.24, 2.45) is 0 Å². The van der Waals surface area contributed by atoms with Gasteiger partial charge < -0.3 is 4.52 Å². The maximum Gasteiger partial charge on any atom is 0.236 e. The molecule has 152 valence electrons. The minimum atomic E-state index is -3.58. The molecule has 2 heterocycles. The zero-order valence-corrected chi connectivity index (χ0v) is 17.1. The average Bonchev–Trinajstić information content (AvgIpc) is 3.20. The largest absolute Gasteiger partial charge is 0.339 e. The lowest BCUT2D eigenvalue weighted by Gasteiger charge is -2.12. The molecule has 0 unspecified atom stereocenters. The Balaban J connectivity index is 1.51. The number of aryl methyl sites for hydroxylation is 1. The van der Waals surface area contributed by atoms with Crippen LogP contribution < -0.4 is 4.72 Å². The van der Waals surface area contributed by atoms with Crippen LogP contribution in [0.1, 0.15) is 22.6 Å².